The fourth-order valence-corrected chi connectivity index (χ4v) is 4.27. The van der Waals surface area contributed by atoms with Crippen LogP contribution in [0.3, 0.4) is 0 Å². The number of amides is 1. The summed E-state index contributed by atoms with van der Waals surface area (Å²) in [5.41, 5.74) is 8.18. The predicted molar refractivity (Wildman–Crippen MR) is 110 cm³/mol. The summed E-state index contributed by atoms with van der Waals surface area (Å²) in [7, 11) is -3.63. The number of carbonyl (C=O) groups is 1. The molecule has 1 aliphatic rings. The van der Waals surface area contributed by atoms with Gasteiger partial charge in [0.05, 0.1) is 18.1 Å². The van der Waals surface area contributed by atoms with Crippen molar-refractivity contribution in [3.8, 4) is 0 Å². The summed E-state index contributed by atoms with van der Waals surface area (Å²) in [6.07, 6.45) is 0. The molecule has 0 bridgehead atoms. The maximum absolute atomic E-state index is 12.7. The summed E-state index contributed by atoms with van der Waals surface area (Å²) in [5, 5.41) is 2.70. The summed E-state index contributed by atoms with van der Waals surface area (Å²) >= 11 is 0. The van der Waals surface area contributed by atoms with E-state index in [0.29, 0.717) is 37.6 Å². The van der Waals surface area contributed by atoms with Crippen LogP contribution < -0.4 is 11.1 Å². The van der Waals surface area contributed by atoms with Crippen LogP contribution in [0.5, 0.6) is 0 Å². The Morgan fingerprint density at radius 1 is 1.14 bits per heavy atom. The number of rotatable bonds is 5. The molecule has 1 saturated heterocycles. The van der Waals surface area contributed by atoms with Crippen LogP contribution in [0.2, 0.25) is 0 Å². The Bertz CT molecular complexity index is 913. The number of benzene rings is 2. The van der Waals surface area contributed by atoms with Crippen molar-refractivity contribution in [3.63, 3.8) is 0 Å². The molecule has 9 heteroatoms. The van der Waals surface area contributed by atoms with Crippen LogP contribution >= 0.6 is 12.4 Å². The predicted octanol–water partition coefficient (Wildman–Crippen LogP) is 2.08. The van der Waals surface area contributed by atoms with Gasteiger partial charge in [0.25, 0.3) is 0 Å². The minimum Gasteiger partial charge on any atom is -0.379 e. The third-order valence-corrected chi connectivity index (χ3v) is 6.32. The van der Waals surface area contributed by atoms with Crippen LogP contribution in [0.25, 0.3) is 0 Å². The zero-order valence-electron chi connectivity index (χ0n) is 15.5. The molecule has 0 aromatic heterocycles. The van der Waals surface area contributed by atoms with Crippen LogP contribution in [0.4, 0.5) is 5.69 Å². The van der Waals surface area contributed by atoms with E-state index in [1.807, 2.05) is 19.1 Å². The molecule has 0 radical (unpaired) electrons. The summed E-state index contributed by atoms with van der Waals surface area (Å²) in [6, 6.07) is 12.7. The highest BCUT2D eigenvalue weighted by Crippen LogP contribution is 2.21. The first-order valence-electron chi connectivity index (χ1n) is 8.69. The molecule has 0 aliphatic carbocycles. The Balaban J connectivity index is 0.00000280. The second kappa shape index (κ2) is 9.49. The molecule has 0 spiro atoms. The van der Waals surface area contributed by atoms with Gasteiger partial charge < -0.3 is 15.8 Å². The standard InChI is InChI=1S/C19H23N3O4S.ClH/c1-14-5-7-15(8-6-14)18(20)19(23)21-16-3-2-4-17(13-16)27(24,25)22-9-11-26-12-10-22;/h2-8,13,18H,9-12,20H2,1H3,(H,21,23);1H. The molecule has 1 amide bonds. The third-order valence-electron chi connectivity index (χ3n) is 4.43. The van der Waals surface area contributed by atoms with Gasteiger partial charge in [-0.2, -0.15) is 4.31 Å². The lowest BCUT2D eigenvalue weighted by Gasteiger charge is -2.26. The fourth-order valence-electron chi connectivity index (χ4n) is 2.82. The molecule has 7 nitrogen and oxygen atoms in total. The summed E-state index contributed by atoms with van der Waals surface area (Å²) in [5.74, 6) is -0.403. The molecule has 2 aromatic rings. The van der Waals surface area contributed by atoms with Crippen molar-refractivity contribution in [2.75, 3.05) is 31.6 Å². The van der Waals surface area contributed by atoms with E-state index in [1.54, 1.807) is 24.3 Å². The number of anilines is 1. The van der Waals surface area contributed by atoms with Crippen molar-refractivity contribution in [2.45, 2.75) is 17.9 Å². The molecule has 1 atom stereocenters. The maximum Gasteiger partial charge on any atom is 0.245 e. The second-order valence-electron chi connectivity index (χ2n) is 6.42. The van der Waals surface area contributed by atoms with E-state index in [4.69, 9.17) is 10.5 Å². The Hall–Kier alpha value is -1.97. The van der Waals surface area contributed by atoms with Crippen molar-refractivity contribution in [3.05, 3.63) is 59.7 Å². The zero-order chi connectivity index (χ0) is 19.4. The van der Waals surface area contributed by atoms with Crippen molar-refractivity contribution in [1.29, 1.82) is 0 Å². The van der Waals surface area contributed by atoms with E-state index < -0.39 is 22.0 Å². The van der Waals surface area contributed by atoms with E-state index in [0.717, 1.165) is 5.56 Å². The first-order valence-corrected chi connectivity index (χ1v) is 10.1. The largest absolute Gasteiger partial charge is 0.379 e. The highest BCUT2D eigenvalue weighted by Gasteiger charge is 2.26. The van der Waals surface area contributed by atoms with E-state index in [1.165, 1.54) is 16.4 Å². The lowest BCUT2D eigenvalue weighted by atomic mass is 10.1. The van der Waals surface area contributed by atoms with Gasteiger partial charge in [0, 0.05) is 18.8 Å². The average molecular weight is 426 g/mol. The number of hydrogen-bond acceptors (Lipinski definition) is 5. The zero-order valence-corrected chi connectivity index (χ0v) is 17.1. The monoisotopic (exact) mass is 425 g/mol. The van der Waals surface area contributed by atoms with Gasteiger partial charge in [0.2, 0.25) is 15.9 Å². The molecular formula is C19H24ClN3O4S. The first-order chi connectivity index (χ1) is 12.9. The summed E-state index contributed by atoms with van der Waals surface area (Å²) < 4.78 is 32.1. The van der Waals surface area contributed by atoms with Gasteiger partial charge in [-0.15, -0.1) is 12.4 Å². The van der Waals surface area contributed by atoms with Crippen LogP contribution in [-0.4, -0.2) is 44.9 Å². The normalized spacial score (nSPS) is 16.1. The number of ether oxygens (including phenoxy) is 1. The molecule has 1 heterocycles. The summed E-state index contributed by atoms with van der Waals surface area (Å²) in [4.78, 5) is 12.6. The van der Waals surface area contributed by atoms with Gasteiger partial charge in [-0.25, -0.2) is 8.42 Å². The number of nitrogens with one attached hydrogen (secondary N) is 1. The molecule has 1 unspecified atom stereocenters. The lowest BCUT2D eigenvalue weighted by molar-refractivity contribution is -0.117. The van der Waals surface area contributed by atoms with Gasteiger partial charge in [0.1, 0.15) is 6.04 Å². The van der Waals surface area contributed by atoms with Crippen molar-refractivity contribution in [2.24, 2.45) is 5.73 Å². The van der Waals surface area contributed by atoms with Crippen molar-refractivity contribution < 1.29 is 17.9 Å². The van der Waals surface area contributed by atoms with Crippen LogP contribution in [0.1, 0.15) is 17.2 Å². The SMILES string of the molecule is Cc1ccc(C(N)C(=O)Nc2cccc(S(=O)(=O)N3CCOCC3)c2)cc1.Cl. The molecule has 3 rings (SSSR count). The number of nitrogens with zero attached hydrogens (tertiary/aromatic N) is 1. The Morgan fingerprint density at radius 2 is 1.79 bits per heavy atom. The highest BCUT2D eigenvalue weighted by molar-refractivity contribution is 7.89. The van der Waals surface area contributed by atoms with E-state index >= 15 is 0 Å². The molecule has 28 heavy (non-hydrogen) atoms. The third kappa shape index (κ3) is 5.09. The topological polar surface area (TPSA) is 102 Å². The van der Waals surface area contributed by atoms with E-state index in [2.05, 4.69) is 5.32 Å². The van der Waals surface area contributed by atoms with E-state index in [9.17, 15) is 13.2 Å². The number of carbonyl (C=O) groups excluding carboxylic acids is 1. The van der Waals surface area contributed by atoms with Crippen LogP contribution in [-0.2, 0) is 19.6 Å². The lowest BCUT2D eigenvalue weighted by Crippen LogP contribution is -2.40. The minimum atomic E-state index is -3.63. The molecule has 1 fully saturated rings. The van der Waals surface area contributed by atoms with Gasteiger partial charge in [0.15, 0.2) is 0 Å². The van der Waals surface area contributed by atoms with Crippen LogP contribution in [0.15, 0.2) is 53.4 Å². The highest BCUT2D eigenvalue weighted by atomic mass is 35.5. The number of sulfonamides is 1. The minimum absolute atomic E-state index is 0. The fraction of sp³-hybridized carbons (Fsp3) is 0.316. The number of aryl methyl sites for hydroxylation is 1. The Labute approximate surface area is 171 Å². The van der Waals surface area contributed by atoms with Gasteiger partial charge >= 0.3 is 0 Å². The smallest absolute Gasteiger partial charge is 0.245 e. The Kier molecular flexibility index (Phi) is 7.56. The maximum atomic E-state index is 12.7. The van der Waals surface area contributed by atoms with Crippen molar-refractivity contribution in [1.82, 2.24) is 4.31 Å². The number of nitrogens with two attached hydrogens (primary N) is 1. The number of morpholine rings is 1. The second-order valence-corrected chi connectivity index (χ2v) is 8.36. The summed E-state index contributed by atoms with van der Waals surface area (Å²) in [6.45, 7) is 3.34. The average Bonchev–Trinajstić information content (AvgIpc) is 2.69. The molecule has 3 N–H and O–H groups in total. The van der Waals surface area contributed by atoms with E-state index in [-0.39, 0.29) is 17.3 Å². The van der Waals surface area contributed by atoms with Crippen molar-refractivity contribution >= 4 is 34.0 Å². The van der Waals surface area contributed by atoms with Gasteiger partial charge in [-0.05, 0) is 30.7 Å². The molecule has 2 aromatic carbocycles. The molecule has 1 aliphatic heterocycles. The first kappa shape index (κ1) is 22.3. The molecular weight excluding hydrogens is 402 g/mol. The Morgan fingerprint density at radius 3 is 2.43 bits per heavy atom. The molecule has 152 valence electrons. The number of hydrogen-bond donors (Lipinski definition) is 2. The quantitative estimate of drug-likeness (QED) is 0.763. The van der Waals surface area contributed by atoms with Crippen LogP contribution in [0, 0.1) is 6.92 Å². The van der Waals surface area contributed by atoms with Gasteiger partial charge in [-0.3, -0.25) is 4.79 Å². The number of halogens is 1. The van der Waals surface area contributed by atoms with Gasteiger partial charge in [-0.1, -0.05) is 35.9 Å². The molecule has 0 saturated carbocycles.